The smallest absolute Gasteiger partial charge is 0.255 e. The van der Waals surface area contributed by atoms with Crippen molar-refractivity contribution in [2.45, 2.75) is 0 Å². The van der Waals surface area contributed by atoms with Gasteiger partial charge in [0, 0.05) is 5.56 Å². The van der Waals surface area contributed by atoms with E-state index < -0.39 is 29.0 Å². The van der Waals surface area contributed by atoms with Gasteiger partial charge in [0.05, 0.1) is 10.7 Å². The molecule has 0 spiro atoms. The summed E-state index contributed by atoms with van der Waals surface area (Å²) >= 11 is 5.55. The van der Waals surface area contributed by atoms with Gasteiger partial charge in [-0.2, -0.15) is 0 Å². The molecule has 0 fully saturated rings. The molecule has 0 aliphatic rings. The van der Waals surface area contributed by atoms with E-state index >= 15 is 0 Å². The van der Waals surface area contributed by atoms with Crippen molar-refractivity contribution in [2.24, 2.45) is 0 Å². The molecule has 0 aliphatic carbocycles. The summed E-state index contributed by atoms with van der Waals surface area (Å²) in [6.45, 7) is 0. The highest BCUT2D eigenvalue weighted by molar-refractivity contribution is 6.31. The van der Waals surface area contributed by atoms with Crippen LogP contribution in [0.2, 0.25) is 5.02 Å². The van der Waals surface area contributed by atoms with Crippen LogP contribution in [0.1, 0.15) is 10.4 Å². The number of rotatable bonds is 2. The Bertz CT molecular complexity index is 668. The van der Waals surface area contributed by atoms with Crippen LogP contribution in [-0.4, -0.2) is 5.91 Å². The lowest BCUT2D eigenvalue weighted by Crippen LogP contribution is -2.14. The molecule has 0 heterocycles. The molecule has 20 heavy (non-hydrogen) atoms. The Kier molecular flexibility index (Phi) is 3.85. The van der Waals surface area contributed by atoms with Gasteiger partial charge in [-0.05, 0) is 24.3 Å². The van der Waals surface area contributed by atoms with Crippen LogP contribution < -0.4 is 11.1 Å². The van der Waals surface area contributed by atoms with Crippen LogP contribution in [0.15, 0.2) is 30.3 Å². The fourth-order valence-electron chi connectivity index (χ4n) is 1.51. The van der Waals surface area contributed by atoms with E-state index in [1.165, 1.54) is 18.2 Å². The van der Waals surface area contributed by atoms with Crippen molar-refractivity contribution < 1.29 is 18.0 Å². The van der Waals surface area contributed by atoms with Gasteiger partial charge >= 0.3 is 0 Å². The standard InChI is InChI=1S/C13H8ClF3N2O/c14-7-2-1-3-10(11(7)17)19-13(20)6-4-8(15)12(18)9(16)5-6/h1-5H,18H2,(H,19,20). The Morgan fingerprint density at radius 2 is 1.75 bits per heavy atom. The van der Waals surface area contributed by atoms with E-state index in [1.54, 1.807) is 0 Å². The number of hydrogen-bond acceptors (Lipinski definition) is 2. The molecular weight excluding hydrogens is 293 g/mol. The van der Waals surface area contributed by atoms with Crippen LogP contribution >= 0.6 is 11.6 Å². The number of halogens is 4. The van der Waals surface area contributed by atoms with E-state index in [0.29, 0.717) is 0 Å². The van der Waals surface area contributed by atoms with Crippen LogP contribution in [0.5, 0.6) is 0 Å². The molecule has 1 amide bonds. The largest absolute Gasteiger partial charge is 0.394 e. The molecule has 0 aromatic heterocycles. The van der Waals surface area contributed by atoms with Gasteiger partial charge in [0.15, 0.2) is 5.82 Å². The molecule has 0 saturated carbocycles. The summed E-state index contributed by atoms with van der Waals surface area (Å²) in [6.07, 6.45) is 0. The van der Waals surface area contributed by atoms with Crippen molar-refractivity contribution in [2.75, 3.05) is 11.1 Å². The molecule has 0 aliphatic heterocycles. The quantitative estimate of drug-likeness (QED) is 0.833. The van der Waals surface area contributed by atoms with Gasteiger partial charge < -0.3 is 11.1 Å². The minimum Gasteiger partial charge on any atom is -0.394 e. The fourth-order valence-corrected chi connectivity index (χ4v) is 1.68. The summed E-state index contributed by atoms with van der Waals surface area (Å²) in [5, 5.41) is 1.99. The van der Waals surface area contributed by atoms with Crippen molar-refractivity contribution >= 4 is 28.9 Å². The number of carbonyl (C=O) groups is 1. The topological polar surface area (TPSA) is 55.1 Å². The average molecular weight is 301 g/mol. The zero-order chi connectivity index (χ0) is 14.9. The number of carbonyl (C=O) groups excluding carboxylic acids is 1. The summed E-state index contributed by atoms with van der Waals surface area (Å²) in [5.41, 5.74) is 3.88. The van der Waals surface area contributed by atoms with Crippen LogP contribution in [0.3, 0.4) is 0 Å². The van der Waals surface area contributed by atoms with E-state index in [-0.39, 0.29) is 16.3 Å². The predicted octanol–water partition coefficient (Wildman–Crippen LogP) is 3.59. The third kappa shape index (κ3) is 2.70. The third-order valence-electron chi connectivity index (χ3n) is 2.54. The number of nitrogens with one attached hydrogen (secondary N) is 1. The first-order valence-corrected chi connectivity index (χ1v) is 5.78. The summed E-state index contributed by atoms with van der Waals surface area (Å²) in [7, 11) is 0. The normalized spacial score (nSPS) is 10.4. The number of nitrogen functional groups attached to an aromatic ring is 1. The molecule has 0 atom stereocenters. The molecule has 2 rings (SSSR count). The Morgan fingerprint density at radius 1 is 1.15 bits per heavy atom. The summed E-state index contributed by atoms with van der Waals surface area (Å²) in [5.74, 6) is -3.86. The molecule has 0 unspecified atom stereocenters. The highest BCUT2D eigenvalue weighted by Crippen LogP contribution is 2.23. The highest BCUT2D eigenvalue weighted by atomic mass is 35.5. The molecule has 3 N–H and O–H groups in total. The average Bonchev–Trinajstić information content (AvgIpc) is 2.40. The maximum Gasteiger partial charge on any atom is 0.255 e. The van der Waals surface area contributed by atoms with Crippen LogP contribution in [0.25, 0.3) is 0 Å². The lowest BCUT2D eigenvalue weighted by Gasteiger charge is -2.08. The van der Waals surface area contributed by atoms with Gasteiger partial charge in [-0.25, -0.2) is 13.2 Å². The number of nitrogens with two attached hydrogens (primary N) is 1. The van der Waals surface area contributed by atoms with Crippen molar-refractivity contribution in [1.29, 1.82) is 0 Å². The van der Waals surface area contributed by atoms with Crippen molar-refractivity contribution in [3.63, 3.8) is 0 Å². The Morgan fingerprint density at radius 3 is 2.35 bits per heavy atom. The van der Waals surface area contributed by atoms with E-state index in [2.05, 4.69) is 5.32 Å². The van der Waals surface area contributed by atoms with E-state index in [9.17, 15) is 18.0 Å². The minimum absolute atomic E-state index is 0.183. The second-order valence-electron chi connectivity index (χ2n) is 3.91. The number of amides is 1. The predicted molar refractivity (Wildman–Crippen MR) is 70.1 cm³/mol. The molecule has 3 nitrogen and oxygen atoms in total. The molecule has 7 heteroatoms. The molecule has 104 valence electrons. The monoisotopic (exact) mass is 300 g/mol. The zero-order valence-corrected chi connectivity index (χ0v) is 10.6. The number of hydrogen-bond donors (Lipinski definition) is 2. The van der Waals surface area contributed by atoms with Gasteiger partial charge in [-0.15, -0.1) is 0 Å². The third-order valence-corrected chi connectivity index (χ3v) is 2.83. The van der Waals surface area contributed by atoms with Crippen molar-refractivity contribution in [1.82, 2.24) is 0 Å². The molecular formula is C13H8ClF3N2O. The lowest BCUT2D eigenvalue weighted by molar-refractivity contribution is 0.102. The Hall–Kier alpha value is -2.21. The van der Waals surface area contributed by atoms with E-state index in [4.69, 9.17) is 17.3 Å². The highest BCUT2D eigenvalue weighted by Gasteiger charge is 2.15. The maximum atomic E-state index is 13.6. The zero-order valence-electron chi connectivity index (χ0n) is 9.88. The minimum atomic E-state index is -1.07. The van der Waals surface area contributed by atoms with Gasteiger partial charge in [0.2, 0.25) is 0 Å². The molecule has 0 radical (unpaired) electrons. The number of benzene rings is 2. The number of anilines is 2. The first kappa shape index (κ1) is 14.2. The van der Waals surface area contributed by atoms with Crippen LogP contribution in [0, 0.1) is 17.5 Å². The first-order valence-electron chi connectivity index (χ1n) is 5.40. The fraction of sp³-hybridized carbons (Fsp3) is 0. The van der Waals surface area contributed by atoms with Gasteiger partial charge in [-0.1, -0.05) is 17.7 Å². The first-order chi connectivity index (χ1) is 9.40. The van der Waals surface area contributed by atoms with E-state index in [1.807, 2.05) is 0 Å². The Labute approximate surface area is 117 Å². The van der Waals surface area contributed by atoms with Gasteiger partial charge in [-0.3, -0.25) is 4.79 Å². The summed E-state index contributed by atoms with van der Waals surface area (Å²) in [4.78, 5) is 11.8. The molecule has 0 saturated heterocycles. The SMILES string of the molecule is Nc1c(F)cc(C(=O)Nc2cccc(Cl)c2F)cc1F. The van der Waals surface area contributed by atoms with Crippen LogP contribution in [-0.2, 0) is 0 Å². The van der Waals surface area contributed by atoms with Crippen LogP contribution in [0.4, 0.5) is 24.5 Å². The Balaban J connectivity index is 2.31. The second-order valence-corrected chi connectivity index (χ2v) is 4.32. The summed E-state index contributed by atoms with van der Waals surface area (Å²) in [6, 6.07) is 5.51. The van der Waals surface area contributed by atoms with Crippen molar-refractivity contribution in [3.8, 4) is 0 Å². The summed E-state index contributed by atoms with van der Waals surface area (Å²) < 4.78 is 40.1. The van der Waals surface area contributed by atoms with Gasteiger partial charge in [0.1, 0.15) is 17.3 Å². The van der Waals surface area contributed by atoms with Gasteiger partial charge in [0.25, 0.3) is 5.91 Å². The maximum absolute atomic E-state index is 13.6. The van der Waals surface area contributed by atoms with Crippen molar-refractivity contribution in [3.05, 3.63) is 58.4 Å². The second kappa shape index (κ2) is 5.42. The lowest BCUT2D eigenvalue weighted by atomic mass is 10.1. The molecule has 2 aromatic carbocycles. The molecule has 0 bridgehead atoms. The molecule has 2 aromatic rings. The van der Waals surface area contributed by atoms with E-state index in [0.717, 1.165) is 12.1 Å².